The van der Waals surface area contributed by atoms with Crippen molar-refractivity contribution in [3.63, 3.8) is 0 Å². The number of hydrogen-bond donors (Lipinski definition) is 1. The number of nitrogens with two attached hydrogens (primary N) is 1. The molecule has 0 radical (unpaired) electrons. The van der Waals surface area contributed by atoms with Crippen molar-refractivity contribution >= 4 is 0 Å². The molecule has 0 aromatic carbocycles. The van der Waals surface area contributed by atoms with Crippen LogP contribution in [0.15, 0.2) is 0 Å². The number of likely N-dealkylation sites (N-methyl/N-ethyl adjacent to an activating group) is 1. The Morgan fingerprint density at radius 3 is 2.28 bits per heavy atom. The molecule has 1 fully saturated rings. The fourth-order valence-corrected chi connectivity index (χ4v) is 3.31. The molecule has 0 aromatic rings. The second kappa shape index (κ2) is 8.89. The molecule has 0 aliphatic heterocycles. The average molecular weight is 255 g/mol. The summed E-state index contributed by atoms with van der Waals surface area (Å²) in [4.78, 5) is 4.89. The molecule has 108 valence electrons. The second-order valence-electron chi connectivity index (χ2n) is 5.99. The Morgan fingerprint density at radius 1 is 1.11 bits per heavy atom. The van der Waals surface area contributed by atoms with Crippen molar-refractivity contribution in [1.82, 2.24) is 9.80 Å². The molecular formula is C15H33N3. The highest BCUT2D eigenvalue weighted by Gasteiger charge is 2.26. The summed E-state index contributed by atoms with van der Waals surface area (Å²) in [7, 11) is 4.30. The maximum absolute atomic E-state index is 6.06. The molecule has 3 heteroatoms. The topological polar surface area (TPSA) is 32.5 Å². The molecule has 0 saturated heterocycles. The standard InChI is InChI=1S/C15H33N3/c1-4-18(12-8-11-17(2)3)15(13-16)14-9-6-5-7-10-14/h14-15H,4-13,16H2,1-3H3. The summed E-state index contributed by atoms with van der Waals surface area (Å²) in [6.07, 6.45) is 8.30. The average Bonchev–Trinajstić information content (AvgIpc) is 2.38. The smallest absolute Gasteiger partial charge is 0.0246 e. The van der Waals surface area contributed by atoms with Crippen molar-refractivity contribution in [2.75, 3.05) is 40.3 Å². The molecule has 1 saturated carbocycles. The summed E-state index contributed by atoms with van der Waals surface area (Å²) < 4.78 is 0. The quantitative estimate of drug-likeness (QED) is 0.721. The molecule has 1 unspecified atom stereocenters. The third kappa shape index (κ3) is 5.25. The van der Waals surface area contributed by atoms with Gasteiger partial charge in [0.15, 0.2) is 0 Å². The monoisotopic (exact) mass is 255 g/mol. The van der Waals surface area contributed by atoms with E-state index in [2.05, 4.69) is 30.8 Å². The second-order valence-corrected chi connectivity index (χ2v) is 5.99. The molecule has 0 aromatic heterocycles. The Balaban J connectivity index is 2.42. The molecule has 18 heavy (non-hydrogen) atoms. The van der Waals surface area contributed by atoms with Gasteiger partial charge in [-0.25, -0.2) is 0 Å². The van der Waals surface area contributed by atoms with Crippen LogP contribution >= 0.6 is 0 Å². The SMILES string of the molecule is CCN(CCCN(C)C)C(CN)C1CCCCC1. The Labute approximate surface area is 114 Å². The molecule has 0 amide bonds. The number of rotatable bonds is 8. The van der Waals surface area contributed by atoms with Crippen LogP contribution in [0, 0.1) is 5.92 Å². The largest absolute Gasteiger partial charge is 0.329 e. The Kier molecular flexibility index (Phi) is 7.87. The van der Waals surface area contributed by atoms with Crippen LogP contribution in [0.1, 0.15) is 45.4 Å². The van der Waals surface area contributed by atoms with E-state index in [0.29, 0.717) is 6.04 Å². The molecule has 1 atom stereocenters. The van der Waals surface area contributed by atoms with Crippen molar-refractivity contribution in [1.29, 1.82) is 0 Å². The maximum atomic E-state index is 6.06. The van der Waals surface area contributed by atoms with Gasteiger partial charge < -0.3 is 10.6 Å². The van der Waals surface area contributed by atoms with Crippen molar-refractivity contribution in [3.05, 3.63) is 0 Å². The van der Waals surface area contributed by atoms with Gasteiger partial charge in [0.25, 0.3) is 0 Å². The zero-order valence-electron chi connectivity index (χ0n) is 12.7. The van der Waals surface area contributed by atoms with Gasteiger partial charge in [0.2, 0.25) is 0 Å². The highest BCUT2D eigenvalue weighted by molar-refractivity contribution is 4.82. The maximum Gasteiger partial charge on any atom is 0.0246 e. The molecule has 3 nitrogen and oxygen atoms in total. The van der Waals surface area contributed by atoms with Crippen LogP contribution in [0.5, 0.6) is 0 Å². The molecule has 1 aliphatic carbocycles. The molecule has 0 heterocycles. The molecule has 0 bridgehead atoms. The molecule has 0 spiro atoms. The van der Waals surface area contributed by atoms with Gasteiger partial charge in [0, 0.05) is 12.6 Å². The predicted molar refractivity (Wildman–Crippen MR) is 79.8 cm³/mol. The van der Waals surface area contributed by atoms with Crippen LogP contribution < -0.4 is 5.73 Å². The van der Waals surface area contributed by atoms with E-state index in [-0.39, 0.29) is 0 Å². The molecule has 2 N–H and O–H groups in total. The van der Waals surface area contributed by atoms with Crippen LogP contribution in [0.25, 0.3) is 0 Å². The van der Waals surface area contributed by atoms with E-state index in [9.17, 15) is 0 Å². The van der Waals surface area contributed by atoms with Crippen LogP contribution in [0.2, 0.25) is 0 Å². The summed E-state index contributed by atoms with van der Waals surface area (Å²) in [6.45, 7) is 6.64. The molecule has 1 rings (SSSR count). The minimum atomic E-state index is 0.623. The summed E-state index contributed by atoms with van der Waals surface area (Å²) in [5.74, 6) is 0.850. The van der Waals surface area contributed by atoms with Gasteiger partial charge in [-0.05, 0) is 58.9 Å². The van der Waals surface area contributed by atoms with Crippen molar-refractivity contribution in [2.45, 2.75) is 51.5 Å². The van der Waals surface area contributed by atoms with Crippen LogP contribution in [0.4, 0.5) is 0 Å². The van der Waals surface area contributed by atoms with E-state index in [0.717, 1.165) is 19.0 Å². The minimum absolute atomic E-state index is 0.623. The Bertz CT molecular complexity index is 200. The van der Waals surface area contributed by atoms with Gasteiger partial charge in [-0.15, -0.1) is 0 Å². The predicted octanol–water partition coefficient (Wildman–Crippen LogP) is 2.17. The van der Waals surface area contributed by atoms with E-state index in [4.69, 9.17) is 5.73 Å². The highest BCUT2D eigenvalue weighted by Crippen LogP contribution is 2.28. The van der Waals surface area contributed by atoms with Crippen molar-refractivity contribution in [3.8, 4) is 0 Å². The van der Waals surface area contributed by atoms with E-state index < -0.39 is 0 Å². The summed E-state index contributed by atoms with van der Waals surface area (Å²) in [5, 5.41) is 0. The fourth-order valence-electron chi connectivity index (χ4n) is 3.31. The third-order valence-electron chi connectivity index (χ3n) is 4.36. The van der Waals surface area contributed by atoms with E-state index in [1.807, 2.05) is 0 Å². The third-order valence-corrected chi connectivity index (χ3v) is 4.36. The van der Waals surface area contributed by atoms with Gasteiger partial charge in [0.05, 0.1) is 0 Å². The minimum Gasteiger partial charge on any atom is -0.329 e. The van der Waals surface area contributed by atoms with Gasteiger partial charge in [-0.2, -0.15) is 0 Å². The summed E-state index contributed by atoms with van der Waals surface area (Å²) >= 11 is 0. The lowest BCUT2D eigenvalue weighted by atomic mass is 9.83. The first-order valence-corrected chi connectivity index (χ1v) is 7.77. The van der Waals surface area contributed by atoms with E-state index in [1.165, 1.54) is 51.6 Å². The van der Waals surface area contributed by atoms with Gasteiger partial charge in [-0.1, -0.05) is 26.2 Å². The highest BCUT2D eigenvalue weighted by atomic mass is 15.2. The van der Waals surface area contributed by atoms with Crippen LogP contribution in [-0.2, 0) is 0 Å². The summed E-state index contributed by atoms with van der Waals surface area (Å²) in [5.41, 5.74) is 6.06. The summed E-state index contributed by atoms with van der Waals surface area (Å²) in [6, 6.07) is 0.623. The van der Waals surface area contributed by atoms with Crippen LogP contribution in [0.3, 0.4) is 0 Å². The van der Waals surface area contributed by atoms with Gasteiger partial charge in [-0.3, -0.25) is 4.90 Å². The first-order chi connectivity index (χ1) is 8.69. The van der Waals surface area contributed by atoms with Crippen LogP contribution in [-0.4, -0.2) is 56.1 Å². The first kappa shape index (κ1) is 15.9. The lowest BCUT2D eigenvalue weighted by molar-refractivity contribution is 0.123. The molecular weight excluding hydrogens is 222 g/mol. The normalized spacial score (nSPS) is 19.7. The van der Waals surface area contributed by atoms with E-state index in [1.54, 1.807) is 0 Å². The number of nitrogens with zero attached hydrogens (tertiary/aromatic N) is 2. The fraction of sp³-hybridized carbons (Fsp3) is 1.00. The zero-order valence-corrected chi connectivity index (χ0v) is 12.7. The first-order valence-electron chi connectivity index (χ1n) is 7.77. The molecule has 1 aliphatic rings. The van der Waals surface area contributed by atoms with E-state index >= 15 is 0 Å². The number of hydrogen-bond acceptors (Lipinski definition) is 3. The Morgan fingerprint density at radius 2 is 1.78 bits per heavy atom. The van der Waals surface area contributed by atoms with Crippen molar-refractivity contribution < 1.29 is 0 Å². The van der Waals surface area contributed by atoms with Gasteiger partial charge >= 0.3 is 0 Å². The Hall–Kier alpha value is -0.120. The van der Waals surface area contributed by atoms with Crippen molar-refractivity contribution in [2.24, 2.45) is 11.7 Å². The zero-order chi connectivity index (χ0) is 13.4. The van der Waals surface area contributed by atoms with Gasteiger partial charge in [0.1, 0.15) is 0 Å². The lowest BCUT2D eigenvalue weighted by Gasteiger charge is -2.38. The lowest BCUT2D eigenvalue weighted by Crippen LogP contribution is -2.47.